The molecule has 0 fully saturated rings. The van der Waals surface area contributed by atoms with Crippen molar-refractivity contribution < 1.29 is 0 Å². The summed E-state index contributed by atoms with van der Waals surface area (Å²) in [6.45, 7) is 7.48. The van der Waals surface area contributed by atoms with Gasteiger partial charge in [0.05, 0.1) is 11.4 Å². The molecule has 0 aliphatic heterocycles. The summed E-state index contributed by atoms with van der Waals surface area (Å²) >= 11 is 0. The highest BCUT2D eigenvalue weighted by atomic mass is 15.1. The fourth-order valence-electron chi connectivity index (χ4n) is 3.38. The second-order valence-corrected chi connectivity index (χ2v) is 7.22. The van der Waals surface area contributed by atoms with Gasteiger partial charge < -0.3 is 5.73 Å². The van der Waals surface area contributed by atoms with Crippen molar-refractivity contribution in [3.63, 3.8) is 0 Å². The molecule has 0 radical (unpaired) electrons. The number of nitrogens with two attached hydrogens (primary N) is 1. The standard InChI is InChI=1S/C23H29N5/c1-18-13-19(2)22(27-14-18)16-28(12-4-3-9-24)17-23-21(8-6-11-26-23)20-7-5-10-25-15-20/h5-8,10-11,13-15H,3-4,9,12,16-17,24H2,1-2H3. The van der Waals surface area contributed by atoms with Crippen LogP contribution in [0.2, 0.25) is 0 Å². The fourth-order valence-corrected chi connectivity index (χ4v) is 3.38. The predicted molar refractivity (Wildman–Crippen MR) is 114 cm³/mol. The van der Waals surface area contributed by atoms with Gasteiger partial charge in [-0.25, -0.2) is 0 Å². The van der Waals surface area contributed by atoms with Gasteiger partial charge in [-0.2, -0.15) is 0 Å². The zero-order chi connectivity index (χ0) is 19.8. The van der Waals surface area contributed by atoms with E-state index in [1.165, 1.54) is 11.1 Å². The fraction of sp³-hybridized carbons (Fsp3) is 0.348. The van der Waals surface area contributed by atoms with Crippen LogP contribution in [-0.2, 0) is 13.1 Å². The minimum atomic E-state index is 0.722. The lowest BCUT2D eigenvalue weighted by Crippen LogP contribution is -2.26. The number of nitrogens with zero attached hydrogens (tertiary/aromatic N) is 4. The molecule has 3 rings (SSSR count). The van der Waals surface area contributed by atoms with E-state index in [0.717, 1.165) is 61.5 Å². The average molecular weight is 376 g/mol. The number of pyridine rings is 3. The molecule has 2 N–H and O–H groups in total. The Labute approximate surface area is 167 Å². The highest BCUT2D eigenvalue weighted by Crippen LogP contribution is 2.23. The van der Waals surface area contributed by atoms with E-state index >= 15 is 0 Å². The lowest BCUT2D eigenvalue weighted by molar-refractivity contribution is 0.246. The molecule has 146 valence electrons. The number of aromatic nitrogens is 3. The van der Waals surface area contributed by atoms with Crippen molar-refractivity contribution in [3.05, 3.63) is 77.6 Å². The van der Waals surface area contributed by atoms with Crippen LogP contribution >= 0.6 is 0 Å². The largest absolute Gasteiger partial charge is 0.330 e. The average Bonchev–Trinajstić information content (AvgIpc) is 2.71. The maximum absolute atomic E-state index is 5.71. The molecule has 5 nitrogen and oxygen atoms in total. The van der Waals surface area contributed by atoms with Gasteiger partial charge in [-0.1, -0.05) is 18.2 Å². The summed E-state index contributed by atoms with van der Waals surface area (Å²) in [6, 6.07) is 10.3. The van der Waals surface area contributed by atoms with Crippen molar-refractivity contribution in [2.45, 2.75) is 39.8 Å². The molecule has 0 aliphatic rings. The first-order valence-electron chi connectivity index (χ1n) is 9.86. The van der Waals surface area contributed by atoms with E-state index in [4.69, 9.17) is 5.73 Å². The Balaban J connectivity index is 1.83. The molecule has 0 amide bonds. The lowest BCUT2D eigenvalue weighted by atomic mass is 10.1. The Hall–Kier alpha value is -2.63. The smallest absolute Gasteiger partial charge is 0.0622 e. The Morgan fingerprint density at radius 3 is 2.50 bits per heavy atom. The van der Waals surface area contributed by atoms with Gasteiger partial charge in [0.1, 0.15) is 0 Å². The van der Waals surface area contributed by atoms with Crippen LogP contribution in [0.4, 0.5) is 0 Å². The van der Waals surface area contributed by atoms with Crippen molar-refractivity contribution >= 4 is 0 Å². The zero-order valence-electron chi connectivity index (χ0n) is 16.8. The van der Waals surface area contributed by atoms with Gasteiger partial charge in [-0.05, 0) is 63.0 Å². The summed E-state index contributed by atoms with van der Waals surface area (Å²) in [5, 5.41) is 0. The molecule has 0 aliphatic carbocycles. The van der Waals surface area contributed by atoms with Crippen LogP contribution in [0, 0.1) is 13.8 Å². The van der Waals surface area contributed by atoms with Crippen molar-refractivity contribution in [2.24, 2.45) is 5.73 Å². The number of hydrogen-bond acceptors (Lipinski definition) is 5. The quantitative estimate of drug-likeness (QED) is 0.575. The highest BCUT2D eigenvalue weighted by Gasteiger charge is 2.14. The first kappa shape index (κ1) is 20.1. The second kappa shape index (κ2) is 10.1. The van der Waals surface area contributed by atoms with Crippen LogP contribution < -0.4 is 5.73 Å². The van der Waals surface area contributed by atoms with Crippen molar-refractivity contribution in [1.82, 2.24) is 19.9 Å². The predicted octanol–water partition coefficient (Wildman–Crippen LogP) is 3.90. The number of unbranched alkanes of at least 4 members (excludes halogenated alkanes) is 1. The molecule has 0 atom stereocenters. The summed E-state index contributed by atoms with van der Waals surface area (Å²) in [5.74, 6) is 0. The first-order chi connectivity index (χ1) is 13.7. The Bertz CT molecular complexity index is 879. The molecule has 3 heterocycles. The summed E-state index contributed by atoms with van der Waals surface area (Å²) in [6.07, 6.45) is 9.59. The zero-order valence-corrected chi connectivity index (χ0v) is 16.8. The van der Waals surface area contributed by atoms with Crippen molar-refractivity contribution in [3.8, 4) is 11.1 Å². The van der Waals surface area contributed by atoms with Crippen LogP contribution in [-0.4, -0.2) is 32.9 Å². The molecule has 0 saturated heterocycles. The number of hydrogen-bond donors (Lipinski definition) is 1. The molecule has 3 aromatic rings. The first-order valence-corrected chi connectivity index (χ1v) is 9.86. The molecule has 0 bridgehead atoms. The summed E-state index contributed by atoms with van der Waals surface area (Å²) in [5.41, 5.74) is 12.6. The van der Waals surface area contributed by atoms with E-state index in [9.17, 15) is 0 Å². The Kier molecular flexibility index (Phi) is 7.23. The molecule has 28 heavy (non-hydrogen) atoms. The molecule has 3 aromatic heterocycles. The van der Waals surface area contributed by atoms with Gasteiger partial charge in [-0.3, -0.25) is 19.9 Å². The van der Waals surface area contributed by atoms with Crippen LogP contribution in [0.1, 0.15) is 35.4 Å². The van der Waals surface area contributed by atoms with Gasteiger partial charge in [0.15, 0.2) is 0 Å². The van der Waals surface area contributed by atoms with E-state index < -0.39 is 0 Å². The maximum atomic E-state index is 5.71. The van der Waals surface area contributed by atoms with Crippen LogP contribution in [0.3, 0.4) is 0 Å². The number of aryl methyl sites for hydroxylation is 2. The molecule has 0 spiro atoms. The van der Waals surface area contributed by atoms with Crippen molar-refractivity contribution in [1.29, 1.82) is 0 Å². The van der Waals surface area contributed by atoms with Crippen LogP contribution in [0.15, 0.2) is 55.1 Å². The number of rotatable bonds is 9. The van der Waals surface area contributed by atoms with Crippen LogP contribution in [0.5, 0.6) is 0 Å². The van der Waals surface area contributed by atoms with Crippen molar-refractivity contribution in [2.75, 3.05) is 13.1 Å². The second-order valence-electron chi connectivity index (χ2n) is 7.22. The topological polar surface area (TPSA) is 67.9 Å². The third kappa shape index (κ3) is 5.44. The van der Waals surface area contributed by atoms with Crippen LogP contribution in [0.25, 0.3) is 11.1 Å². The van der Waals surface area contributed by atoms with E-state index in [1.807, 2.05) is 30.7 Å². The van der Waals surface area contributed by atoms with Gasteiger partial charge in [0.25, 0.3) is 0 Å². The molecule has 0 saturated carbocycles. The molecular weight excluding hydrogens is 346 g/mol. The van der Waals surface area contributed by atoms with E-state index in [2.05, 4.69) is 51.9 Å². The minimum Gasteiger partial charge on any atom is -0.330 e. The summed E-state index contributed by atoms with van der Waals surface area (Å²) < 4.78 is 0. The summed E-state index contributed by atoms with van der Waals surface area (Å²) in [7, 11) is 0. The highest BCUT2D eigenvalue weighted by molar-refractivity contribution is 5.64. The lowest BCUT2D eigenvalue weighted by Gasteiger charge is -2.23. The third-order valence-electron chi connectivity index (χ3n) is 4.86. The van der Waals surface area contributed by atoms with Gasteiger partial charge >= 0.3 is 0 Å². The molecule has 0 aromatic carbocycles. The molecule has 5 heteroatoms. The normalized spacial score (nSPS) is 11.1. The monoisotopic (exact) mass is 375 g/mol. The Morgan fingerprint density at radius 2 is 1.75 bits per heavy atom. The molecule has 0 unspecified atom stereocenters. The van der Waals surface area contributed by atoms with E-state index in [1.54, 1.807) is 6.20 Å². The SMILES string of the molecule is Cc1cnc(CN(CCCCN)Cc2ncccc2-c2cccnc2)c(C)c1. The Morgan fingerprint density at radius 1 is 0.929 bits per heavy atom. The molecular formula is C23H29N5. The van der Waals surface area contributed by atoms with Gasteiger partial charge in [0, 0.05) is 49.0 Å². The van der Waals surface area contributed by atoms with Gasteiger partial charge in [-0.15, -0.1) is 0 Å². The summed E-state index contributed by atoms with van der Waals surface area (Å²) in [4.78, 5) is 16.0. The van der Waals surface area contributed by atoms with E-state index in [0.29, 0.717) is 0 Å². The minimum absolute atomic E-state index is 0.722. The van der Waals surface area contributed by atoms with Gasteiger partial charge in [0.2, 0.25) is 0 Å². The maximum Gasteiger partial charge on any atom is 0.0622 e. The van der Waals surface area contributed by atoms with E-state index in [-0.39, 0.29) is 0 Å². The third-order valence-corrected chi connectivity index (χ3v) is 4.86.